The van der Waals surface area contributed by atoms with E-state index in [1.54, 1.807) is 6.20 Å². The van der Waals surface area contributed by atoms with Crippen molar-refractivity contribution in [2.45, 2.75) is 51.7 Å². The van der Waals surface area contributed by atoms with Crippen LogP contribution in [0.4, 0.5) is 13.2 Å². The Morgan fingerprint density at radius 3 is 2.74 bits per heavy atom. The SMILES string of the molecule is CC1(C)Cc2nc(CCC(F)(F)F)ncc2C(N)C1. The smallest absolute Gasteiger partial charge is 0.324 e. The Labute approximate surface area is 110 Å². The molecule has 1 unspecified atom stereocenters. The number of fused-ring (bicyclic) bond motifs is 1. The maximum absolute atomic E-state index is 12.2. The Hall–Kier alpha value is -1.17. The molecule has 6 heteroatoms. The lowest BCUT2D eigenvalue weighted by atomic mass is 9.74. The van der Waals surface area contributed by atoms with Gasteiger partial charge in [0.2, 0.25) is 0 Å². The summed E-state index contributed by atoms with van der Waals surface area (Å²) < 4.78 is 36.6. The summed E-state index contributed by atoms with van der Waals surface area (Å²) in [5.41, 5.74) is 7.76. The molecule has 19 heavy (non-hydrogen) atoms. The van der Waals surface area contributed by atoms with E-state index in [1.165, 1.54) is 0 Å². The minimum atomic E-state index is -4.17. The predicted molar refractivity (Wildman–Crippen MR) is 65.4 cm³/mol. The maximum Gasteiger partial charge on any atom is 0.389 e. The van der Waals surface area contributed by atoms with Crippen LogP contribution in [0.15, 0.2) is 6.20 Å². The molecule has 1 aromatic heterocycles. The highest BCUT2D eigenvalue weighted by molar-refractivity contribution is 5.26. The van der Waals surface area contributed by atoms with Gasteiger partial charge in [-0.05, 0) is 18.3 Å². The van der Waals surface area contributed by atoms with Gasteiger partial charge in [0.05, 0.1) is 6.42 Å². The fourth-order valence-electron chi connectivity index (χ4n) is 2.52. The van der Waals surface area contributed by atoms with E-state index in [1.807, 2.05) is 0 Å². The van der Waals surface area contributed by atoms with Crippen LogP contribution < -0.4 is 5.73 Å². The molecule has 0 fully saturated rings. The standard InChI is InChI=1S/C13H18F3N3/c1-12(2)5-9(17)8-7-18-11(19-10(8)6-12)3-4-13(14,15)16/h7,9H,3-6,17H2,1-2H3. The number of nitrogens with two attached hydrogens (primary N) is 1. The van der Waals surface area contributed by atoms with Crippen LogP contribution in [-0.4, -0.2) is 16.1 Å². The predicted octanol–water partition coefficient (Wildman–Crippen LogP) is 2.94. The quantitative estimate of drug-likeness (QED) is 0.901. The van der Waals surface area contributed by atoms with Gasteiger partial charge in [-0.15, -0.1) is 0 Å². The van der Waals surface area contributed by atoms with Crippen molar-refractivity contribution in [2.24, 2.45) is 11.1 Å². The minimum absolute atomic E-state index is 0.0298. The second kappa shape index (κ2) is 4.74. The van der Waals surface area contributed by atoms with Crippen LogP contribution >= 0.6 is 0 Å². The molecule has 1 heterocycles. The largest absolute Gasteiger partial charge is 0.389 e. The second-order valence-corrected chi connectivity index (χ2v) is 5.96. The third-order valence-electron chi connectivity index (χ3n) is 3.40. The second-order valence-electron chi connectivity index (χ2n) is 5.96. The zero-order valence-corrected chi connectivity index (χ0v) is 11.1. The molecule has 1 atom stereocenters. The first kappa shape index (κ1) is 14.2. The van der Waals surface area contributed by atoms with Crippen LogP contribution in [0.3, 0.4) is 0 Å². The van der Waals surface area contributed by atoms with E-state index in [4.69, 9.17) is 5.73 Å². The van der Waals surface area contributed by atoms with Gasteiger partial charge in [0.15, 0.2) is 0 Å². The molecule has 1 aliphatic carbocycles. The van der Waals surface area contributed by atoms with Crippen LogP contribution in [0, 0.1) is 5.41 Å². The van der Waals surface area contributed by atoms with Gasteiger partial charge in [-0.25, -0.2) is 9.97 Å². The lowest BCUT2D eigenvalue weighted by Gasteiger charge is -2.34. The first-order valence-electron chi connectivity index (χ1n) is 6.33. The van der Waals surface area contributed by atoms with Crippen molar-refractivity contribution in [3.05, 3.63) is 23.3 Å². The first-order valence-corrected chi connectivity index (χ1v) is 6.33. The van der Waals surface area contributed by atoms with Crippen LogP contribution in [0.1, 0.15) is 49.8 Å². The van der Waals surface area contributed by atoms with E-state index < -0.39 is 12.6 Å². The molecule has 0 saturated heterocycles. The van der Waals surface area contributed by atoms with Crippen LogP contribution in [0.25, 0.3) is 0 Å². The summed E-state index contributed by atoms with van der Waals surface area (Å²) in [4.78, 5) is 8.27. The molecular formula is C13H18F3N3. The Kier molecular flexibility index (Phi) is 3.55. The van der Waals surface area contributed by atoms with E-state index in [2.05, 4.69) is 23.8 Å². The summed E-state index contributed by atoms with van der Waals surface area (Å²) in [6.07, 6.45) is -2.07. The van der Waals surface area contributed by atoms with E-state index in [0.717, 1.165) is 24.1 Å². The van der Waals surface area contributed by atoms with Crippen molar-refractivity contribution in [1.82, 2.24) is 9.97 Å². The van der Waals surface area contributed by atoms with Gasteiger partial charge in [-0.3, -0.25) is 0 Å². The molecule has 106 valence electrons. The van der Waals surface area contributed by atoms with Gasteiger partial charge < -0.3 is 5.73 Å². The highest BCUT2D eigenvalue weighted by Crippen LogP contribution is 2.38. The molecule has 2 rings (SSSR count). The van der Waals surface area contributed by atoms with Crippen molar-refractivity contribution < 1.29 is 13.2 Å². The van der Waals surface area contributed by atoms with Gasteiger partial charge in [0, 0.05) is 29.9 Å². The monoisotopic (exact) mass is 273 g/mol. The highest BCUT2D eigenvalue weighted by Gasteiger charge is 2.32. The number of rotatable bonds is 2. The van der Waals surface area contributed by atoms with Crippen molar-refractivity contribution >= 4 is 0 Å². The van der Waals surface area contributed by atoms with E-state index in [-0.39, 0.29) is 23.7 Å². The average molecular weight is 273 g/mol. The van der Waals surface area contributed by atoms with Gasteiger partial charge in [-0.1, -0.05) is 13.8 Å². The molecule has 3 nitrogen and oxygen atoms in total. The summed E-state index contributed by atoms with van der Waals surface area (Å²) in [5.74, 6) is 0.251. The summed E-state index contributed by atoms with van der Waals surface area (Å²) in [5, 5.41) is 0. The lowest BCUT2D eigenvalue weighted by molar-refractivity contribution is -0.134. The third kappa shape index (κ3) is 3.65. The normalized spacial score (nSPS) is 22.1. The number of alkyl halides is 3. The Morgan fingerprint density at radius 1 is 1.42 bits per heavy atom. The van der Waals surface area contributed by atoms with Gasteiger partial charge in [0.1, 0.15) is 5.82 Å². The molecule has 0 amide bonds. The Morgan fingerprint density at radius 2 is 2.11 bits per heavy atom. The molecule has 2 N–H and O–H groups in total. The molecule has 0 aromatic carbocycles. The molecule has 0 saturated carbocycles. The van der Waals surface area contributed by atoms with E-state index in [0.29, 0.717) is 0 Å². The molecular weight excluding hydrogens is 255 g/mol. The minimum Gasteiger partial charge on any atom is -0.324 e. The van der Waals surface area contributed by atoms with Crippen molar-refractivity contribution in [3.63, 3.8) is 0 Å². The number of hydrogen-bond donors (Lipinski definition) is 1. The van der Waals surface area contributed by atoms with Gasteiger partial charge >= 0.3 is 6.18 Å². The summed E-state index contributed by atoms with van der Waals surface area (Å²) >= 11 is 0. The molecule has 1 aromatic rings. The fraction of sp³-hybridized carbons (Fsp3) is 0.692. The van der Waals surface area contributed by atoms with Crippen molar-refractivity contribution in [3.8, 4) is 0 Å². The van der Waals surface area contributed by atoms with Crippen LogP contribution in [0.5, 0.6) is 0 Å². The summed E-state index contributed by atoms with van der Waals surface area (Å²) in [6.45, 7) is 4.18. The first-order chi connectivity index (χ1) is 8.66. The molecule has 1 aliphatic rings. The van der Waals surface area contributed by atoms with Crippen LogP contribution in [0.2, 0.25) is 0 Å². The van der Waals surface area contributed by atoms with Crippen LogP contribution in [-0.2, 0) is 12.8 Å². The topological polar surface area (TPSA) is 51.8 Å². The Balaban J connectivity index is 2.19. The van der Waals surface area contributed by atoms with Crippen molar-refractivity contribution in [2.75, 3.05) is 0 Å². The number of aromatic nitrogens is 2. The molecule has 0 aliphatic heterocycles. The lowest BCUT2D eigenvalue weighted by Crippen LogP contribution is -2.31. The fourth-order valence-corrected chi connectivity index (χ4v) is 2.52. The Bertz CT molecular complexity index is 469. The number of aryl methyl sites for hydroxylation is 1. The number of hydrogen-bond acceptors (Lipinski definition) is 3. The average Bonchev–Trinajstić information content (AvgIpc) is 2.23. The molecule has 0 bridgehead atoms. The zero-order valence-electron chi connectivity index (χ0n) is 11.1. The van der Waals surface area contributed by atoms with Gasteiger partial charge in [0.25, 0.3) is 0 Å². The summed E-state index contributed by atoms with van der Waals surface area (Å²) in [7, 11) is 0. The highest BCUT2D eigenvalue weighted by atomic mass is 19.4. The third-order valence-corrected chi connectivity index (χ3v) is 3.40. The maximum atomic E-state index is 12.2. The van der Waals surface area contributed by atoms with E-state index in [9.17, 15) is 13.2 Å². The van der Waals surface area contributed by atoms with E-state index >= 15 is 0 Å². The number of halogens is 3. The van der Waals surface area contributed by atoms with Crippen molar-refractivity contribution in [1.29, 1.82) is 0 Å². The number of nitrogens with zero attached hydrogens (tertiary/aromatic N) is 2. The molecule has 0 radical (unpaired) electrons. The van der Waals surface area contributed by atoms with Gasteiger partial charge in [-0.2, -0.15) is 13.2 Å². The zero-order chi connectivity index (χ0) is 14.3. The summed E-state index contributed by atoms with van der Waals surface area (Å²) in [6, 6.07) is -0.129. The molecule has 0 spiro atoms.